The largest absolute Gasteiger partial charge is 0.507 e. The molecule has 5 atom stereocenters. The van der Waals surface area contributed by atoms with Crippen LogP contribution in [0.4, 0.5) is 0 Å². The third-order valence-electron chi connectivity index (χ3n) is 6.09. The number of benzene rings is 1. The molecule has 0 aromatic heterocycles. The van der Waals surface area contributed by atoms with Gasteiger partial charge in [-0.2, -0.15) is 0 Å². The molecule has 5 N–H and O–H groups in total. The van der Waals surface area contributed by atoms with Crippen molar-refractivity contribution in [1.29, 1.82) is 0 Å². The molecule has 3 rings (SSSR count). The maximum Gasteiger partial charge on any atom is 0.342 e. The van der Waals surface area contributed by atoms with E-state index in [1.54, 1.807) is 19.9 Å². The van der Waals surface area contributed by atoms with Crippen LogP contribution in [-0.2, 0) is 36.8 Å². The van der Waals surface area contributed by atoms with Crippen LogP contribution in [0.3, 0.4) is 0 Å². The third-order valence-corrected chi connectivity index (χ3v) is 6.09. The second-order valence-corrected chi connectivity index (χ2v) is 8.39. The lowest BCUT2D eigenvalue weighted by molar-refractivity contribution is -0.286. The zero-order chi connectivity index (χ0) is 26.0. The number of carboxylic acids is 1. The molecule has 2 aliphatic rings. The highest BCUT2D eigenvalue weighted by molar-refractivity contribution is 5.98. The number of hydrogen-bond acceptors (Lipinski definition) is 11. The minimum Gasteiger partial charge on any atom is -0.507 e. The van der Waals surface area contributed by atoms with Crippen LogP contribution in [-0.4, -0.2) is 81.3 Å². The number of aromatic hydroxyl groups is 1. The Kier molecular flexibility index (Phi) is 8.00. The molecular formula is C23H28O12. The number of aliphatic hydroxyl groups is 3. The van der Waals surface area contributed by atoms with E-state index in [0.29, 0.717) is 22.4 Å². The van der Waals surface area contributed by atoms with Gasteiger partial charge in [-0.15, -0.1) is 0 Å². The quantitative estimate of drug-likeness (QED) is 0.241. The molecule has 0 radical (unpaired) electrons. The Morgan fingerprint density at radius 2 is 1.83 bits per heavy atom. The van der Waals surface area contributed by atoms with Crippen LogP contribution in [0.5, 0.6) is 11.5 Å². The Morgan fingerprint density at radius 3 is 2.46 bits per heavy atom. The van der Waals surface area contributed by atoms with E-state index in [-0.39, 0.29) is 37.2 Å². The van der Waals surface area contributed by atoms with Gasteiger partial charge in [0.25, 0.3) is 0 Å². The van der Waals surface area contributed by atoms with E-state index < -0.39 is 48.6 Å². The number of carboxylic acid groups (broad SMARTS) is 1. The molecule has 1 fully saturated rings. The second kappa shape index (κ2) is 10.6. The van der Waals surface area contributed by atoms with Gasteiger partial charge in [0.15, 0.2) is 6.10 Å². The maximum absolute atomic E-state index is 12.2. The van der Waals surface area contributed by atoms with E-state index in [2.05, 4.69) is 0 Å². The predicted molar refractivity (Wildman–Crippen MR) is 116 cm³/mol. The number of carbonyl (C=O) groups excluding carboxylic acids is 2. The summed E-state index contributed by atoms with van der Waals surface area (Å²) in [6, 6.07) is 0. The fourth-order valence-corrected chi connectivity index (χ4v) is 4.04. The molecule has 0 amide bonds. The summed E-state index contributed by atoms with van der Waals surface area (Å²) >= 11 is 0. The second-order valence-electron chi connectivity index (χ2n) is 8.39. The molecule has 2 aliphatic heterocycles. The molecular weight excluding hydrogens is 468 g/mol. The smallest absolute Gasteiger partial charge is 0.342 e. The Bertz CT molecular complexity index is 1050. The molecule has 0 spiro atoms. The molecule has 0 saturated carbocycles. The molecule has 192 valence electrons. The van der Waals surface area contributed by atoms with Crippen molar-refractivity contribution >= 4 is 17.9 Å². The summed E-state index contributed by atoms with van der Waals surface area (Å²) in [4.78, 5) is 35.4. The van der Waals surface area contributed by atoms with E-state index in [1.807, 2.05) is 0 Å². The number of methoxy groups -OCH3 is 1. The number of hydrogen-bond donors (Lipinski definition) is 5. The number of cyclic esters (lactones) is 1. The zero-order valence-electron chi connectivity index (χ0n) is 19.4. The Labute approximate surface area is 200 Å². The van der Waals surface area contributed by atoms with Crippen molar-refractivity contribution in [3.63, 3.8) is 0 Å². The molecule has 12 nitrogen and oxygen atoms in total. The van der Waals surface area contributed by atoms with Crippen LogP contribution in [0.25, 0.3) is 0 Å². The molecule has 2 heterocycles. The average Bonchev–Trinajstić information content (AvgIpc) is 3.21. The topological polar surface area (TPSA) is 189 Å². The van der Waals surface area contributed by atoms with E-state index >= 15 is 0 Å². The molecule has 0 aliphatic carbocycles. The number of allylic oxidation sites excluding steroid dienone is 2. The highest BCUT2D eigenvalue weighted by Gasteiger charge is 2.48. The van der Waals surface area contributed by atoms with Crippen molar-refractivity contribution in [2.75, 3.05) is 7.11 Å². The molecule has 5 unspecified atom stereocenters. The van der Waals surface area contributed by atoms with Crippen molar-refractivity contribution in [1.82, 2.24) is 0 Å². The molecule has 1 aromatic carbocycles. The van der Waals surface area contributed by atoms with Gasteiger partial charge in [-0.3, -0.25) is 4.79 Å². The maximum atomic E-state index is 12.2. The minimum atomic E-state index is -1.89. The van der Waals surface area contributed by atoms with Crippen molar-refractivity contribution in [2.45, 2.75) is 70.4 Å². The summed E-state index contributed by atoms with van der Waals surface area (Å²) in [7, 11) is 1.45. The number of rotatable bonds is 8. The van der Waals surface area contributed by atoms with E-state index in [0.717, 1.165) is 5.57 Å². The monoisotopic (exact) mass is 496 g/mol. The van der Waals surface area contributed by atoms with Crippen LogP contribution in [0, 0.1) is 6.92 Å². The van der Waals surface area contributed by atoms with Gasteiger partial charge in [0.05, 0.1) is 7.11 Å². The number of phenolic OH excluding ortho intramolecular Hbond substituents is 1. The van der Waals surface area contributed by atoms with E-state index in [1.165, 1.54) is 7.11 Å². The molecule has 1 saturated heterocycles. The fraction of sp³-hybridized carbons (Fsp3) is 0.522. The van der Waals surface area contributed by atoms with Crippen LogP contribution in [0.1, 0.15) is 46.8 Å². The first-order valence-corrected chi connectivity index (χ1v) is 10.8. The standard InChI is InChI=1S/C23H28O12/c1-9(4-6-11-15(25)14-12(8-33-22(14)31)10(2)19(11)32-3)5-7-13(24)34-23-18(28)16(26)17(27)20(35-23)21(29)30/h4,16-18,20,23,25-28H,5-8H2,1-3H3,(H,29,30). The van der Waals surface area contributed by atoms with Crippen molar-refractivity contribution in [2.24, 2.45) is 0 Å². The minimum absolute atomic E-state index is 0.0593. The predicted octanol–water partition coefficient (Wildman–Crippen LogP) is 0.0840. The number of esters is 2. The Balaban J connectivity index is 1.63. The average molecular weight is 496 g/mol. The van der Waals surface area contributed by atoms with Gasteiger partial charge in [0, 0.05) is 17.5 Å². The van der Waals surface area contributed by atoms with Crippen LogP contribution >= 0.6 is 0 Å². The van der Waals surface area contributed by atoms with Crippen molar-refractivity contribution < 1.29 is 58.9 Å². The highest BCUT2D eigenvalue weighted by atomic mass is 16.7. The van der Waals surface area contributed by atoms with Crippen LogP contribution < -0.4 is 4.74 Å². The van der Waals surface area contributed by atoms with E-state index in [4.69, 9.17) is 24.1 Å². The number of aliphatic hydroxyl groups excluding tert-OH is 3. The lowest BCUT2D eigenvalue weighted by Crippen LogP contribution is -2.60. The summed E-state index contributed by atoms with van der Waals surface area (Å²) in [5.41, 5.74) is 2.51. The first-order chi connectivity index (χ1) is 16.5. The van der Waals surface area contributed by atoms with Crippen molar-refractivity contribution in [3.05, 3.63) is 33.9 Å². The van der Waals surface area contributed by atoms with Gasteiger partial charge in [-0.05, 0) is 32.3 Å². The normalized spacial score (nSPS) is 26.2. The Morgan fingerprint density at radius 1 is 1.14 bits per heavy atom. The third kappa shape index (κ3) is 5.25. The summed E-state index contributed by atoms with van der Waals surface area (Å²) < 4.78 is 20.3. The SMILES string of the molecule is COc1c(C)c2c(c(O)c1CC=C(C)CCC(=O)OC1OC(C(=O)O)C(O)C(O)C1O)C(=O)OC2. The molecule has 35 heavy (non-hydrogen) atoms. The number of phenols is 1. The van der Waals surface area contributed by atoms with Crippen LogP contribution in [0.2, 0.25) is 0 Å². The summed E-state index contributed by atoms with van der Waals surface area (Å²) in [6.45, 7) is 3.56. The highest BCUT2D eigenvalue weighted by Crippen LogP contribution is 2.42. The number of fused-ring (bicyclic) bond motifs is 1. The van der Waals surface area contributed by atoms with Gasteiger partial charge < -0.3 is 44.5 Å². The van der Waals surface area contributed by atoms with Gasteiger partial charge in [-0.1, -0.05) is 11.6 Å². The number of carbonyl (C=O) groups is 3. The van der Waals surface area contributed by atoms with Gasteiger partial charge in [-0.25, -0.2) is 9.59 Å². The fourth-order valence-electron chi connectivity index (χ4n) is 4.04. The molecule has 0 bridgehead atoms. The molecule has 12 heteroatoms. The zero-order valence-corrected chi connectivity index (χ0v) is 19.4. The number of ether oxygens (including phenoxy) is 4. The summed E-state index contributed by atoms with van der Waals surface area (Å²) in [5, 5.41) is 49.1. The first kappa shape index (κ1) is 26.4. The van der Waals surface area contributed by atoms with Crippen LogP contribution in [0.15, 0.2) is 11.6 Å². The summed E-state index contributed by atoms with van der Waals surface area (Å²) in [5.74, 6) is -2.81. The lowest BCUT2D eigenvalue weighted by atomic mass is 9.94. The molecule has 1 aromatic rings. The van der Waals surface area contributed by atoms with Gasteiger partial charge in [0.2, 0.25) is 6.29 Å². The van der Waals surface area contributed by atoms with Crippen molar-refractivity contribution in [3.8, 4) is 11.5 Å². The lowest BCUT2D eigenvalue weighted by Gasteiger charge is -2.37. The van der Waals surface area contributed by atoms with E-state index in [9.17, 15) is 34.8 Å². The Hall–Kier alpha value is -3.19. The van der Waals surface area contributed by atoms with Gasteiger partial charge >= 0.3 is 17.9 Å². The summed E-state index contributed by atoms with van der Waals surface area (Å²) in [6.07, 6.45) is -7.23. The number of aliphatic carboxylic acids is 1. The van der Waals surface area contributed by atoms with Gasteiger partial charge in [0.1, 0.15) is 42.0 Å². The first-order valence-electron chi connectivity index (χ1n) is 10.8.